The first-order valence-corrected chi connectivity index (χ1v) is 15.6. The predicted octanol–water partition coefficient (Wildman–Crippen LogP) is 5.17. The second-order valence-electron chi connectivity index (χ2n) is 13.0. The summed E-state index contributed by atoms with van der Waals surface area (Å²) in [5, 5.41) is 19.2. The highest BCUT2D eigenvalue weighted by Crippen LogP contribution is 2.56. The number of carbonyl (C=O) groups excluding carboxylic acids is 2. The first kappa shape index (κ1) is 31.5. The second kappa shape index (κ2) is 12.4. The summed E-state index contributed by atoms with van der Waals surface area (Å²) in [5.74, 6) is -1.02. The lowest BCUT2D eigenvalue weighted by Crippen LogP contribution is -2.61. The van der Waals surface area contributed by atoms with Gasteiger partial charge in [0.25, 0.3) is 0 Å². The number of para-hydroxylation sites is 1. The Morgan fingerprint density at radius 2 is 1.37 bits per heavy atom. The summed E-state index contributed by atoms with van der Waals surface area (Å²) in [6.07, 6.45) is -0.626. The highest BCUT2D eigenvalue weighted by molar-refractivity contribution is 5.89. The van der Waals surface area contributed by atoms with Gasteiger partial charge in [0.05, 0.1) is 30.9 Å². The molecule has 0 aliphatic carbocycles. The maximum atomic E-state index is 14.7. The Hall–Kier alpha value is -4.50. The summed E-state index contributed by atoms with van der Waals surface area (Å²) >= 11 is 0. The average molecular weight is 620 g/mol. The summed E-state index contributed by atoms with van der Waals surface area (Å²) in [7, 11) is 1.29. The van der Waals surface area contributed by atoms with Crippen LogP contribution in [0.25, 0.3) is 0 Å². The smallest absolute Gasteiger partial charge is 0.330 e. The topological polar surface area (TPSA) is 100 Å². The number of methoxy groups -OCH3 is 1. The number of nitrogens with one attached hydrogen (secondary N) is 2. The van der Waals surface area contributed by atoms with E-state index in [0.717, 1.165) is 27.9 Å². The van der Waals surface area contributed by atoms with Gasteiger partial charge in [-0.3, -0.25) is 9.69 Å². The van der Waals surface area contributed by atoms with Gasteiger partial charge < -0.3 is 25.2 Å². The molecule has 0 bridgehead atoms. The largest absolute Gasteiger partial charge is 0.467 e. The number of amides is 1. The molecule has 46 heavy (non-hydrogen) atoms. The number of nitrogens with zero attached hydrogens (tertiary/aromatic N) is 1. The van der Waals surface area contributed by atoms with Crippen molar-refractivity contribution < 1.29 is 24.2 Å². The molecule has 0 saturated carbocycles. The van der Waals surface area contributed by atoms with Gasteiger partial charge in [-0.25, -0.2) is 4.79 Å². The van der Waals surface area contributed by atoms with Gasteiger partial charge in [-0.2, -0.15) is 0 Å². The number of esters is 1. The molecule has 2 aliphatic heterocycles. The zero-order valence-electron chi connectivity index (χ0n) is 26.6. The Balaban J connectivity index is 1.57. The van der Waals surface area contributed by atoms with Crippen LogP contribution in [-0.4, -0.2) is 59.5 Å². The van der Waals surface area contributed by atoms with Gasteiger partial charge in [-0.1, -0.05) is 109 Å². The van der Waals surface area contributed by atoms with Crippen molar-refractivity contribution in [2.45, 2.75) is 62.2 Å². The lowest BCUT2D eigenvalue weighted by Gasteiger charge is -2.48. The summed E-state index contributed by atoms with van der Waals surface area (Å²) in [4.78, 5) is 29.7. The lowest BCUT2D eigenvalue weighted by atomic mass is 9.74. The third-order valence-electron chi connectivity index (χ3n) is 9.01. The SMILES string of the molecule is COC(=O)[C@H](COC(C)(C)C)NC(=O)[C@@H]1C[C@@]2(O)c3ccccc3N[C@H]2N1C(c1ccccc1)(c1ccccc1)c1ccccc1. The number of benzene rings is 4. The molecule has 1 saturated heterocycles. The van der Waals surface area contributed by atoms with Crippen molar-refractivity contribution in [1.29, 1.82) is 0 Å². The minimum Gasteiger partial charge on any atom is -0.467 e. The van der Waals surface area contributed by atoms with Crippen molar-refractivity contribution in [3.8, 4) is 0 Å². The summed E-state index contributed by atoms with van der Waals surface area (Å²) in [6.45, 7) is 5.59. The van der Waals surface area contributed by atoms with E-state index in [2.05, 4.69) is 51.9 Å². The fourth-order valence-corrected chi connectivity index (χ4v) is 7.04. The van der Waals surface area contributed by atoms with Crippen LogP contribution < -0.4 is 10.6 Å². The van der Waals surface area contributed by atoms with E-state index in [1.807, 2.05) is 99.6 Å². The standard InChI is InChI=1S/C38H41N3O5/c1-36(2,3)46-25-31(34(43)45-4)39-33(42)32-24-37(44)29-22-14-15-23-30(29)40-35(37)41(32)38(26-16-8-5-9-17-26,27-18-10-6-11-19-27)28-20-12-7-13-21-28/h5-23,31-32,35,40,44H,24-25H2,1-4H3,(H,39,42)/t31-,32-,35-,37+/m0/s1. The second-order valence-corrected chi connectivity index (χ2v) is 13.0. The van der Waals surface area contributed by atoms with Gasteiger partial charge in [-0.15, -0.1) is 0 Å². The van der Waals surface area contributed by atoms with Crippen molar-refractivity contribution >= 4 is 17.6 Å². The number of rotatable bonds is 9. The Labute approximate surface area is 270 Å². The van der Waals surface area contributed by atoms with Crippen LogP contribution in [-0.2, 0) is 30.2 Å². The molecule has 2 aliphatic rings. The van der Waals surface area contributed by atoms with Crippen LogP contribution in [0.4, 0.5) is 5.69 Å². The van der Waals surface area contributed by atoms with Gasteiger partial charge in [0.1, 0.15) is 11.8 Å². The van der Waals surface area contributed by atoms with E-state index in [0.29, 0.717) is 0 Å². The van der Waals surface area contributed by atoms with Crippen LogP contribution in [0.3, 0.4) is 0 Å². The van der Waals surface area contributed by atoms with Gasteiger partial charge in [-0.05, 0) is 43.5 Å². The minimum absolute atomic E-state index is 0.0649. The number of ether oxygens (including phenoxy) is 2. The molecule has 0 aromatic heterocycles. The normalized spacial score (nSPS) is 21.5. The molecule has 3 N–H and O–H groups in total. The van der Waals surface area contributed by atoms with Crippen molar-refractivity contribution in [1.82, 2.24) is 10.2 Å². The van der Waals surface area contributed by atoms with Gasteiger partial charge in [0, 0.05) is 17.7 Å². The van der Waals surface area contributed by atoms with E-state index < -0.39 is 46.9 Å². The number of aliphatic hydroxyl groups is 1. The molecule has 0 unspecified atom stereocenters. The first-order valence-electron chi connectivity index (χ1n) is 15.6. The van der Waals surface area contributed by atoms with Crippen LogP contribution in [0.2, 0.25) is 0 Å². The third-order valence-corrected chi connectivity index (χ3v) is 9.01. The number of hydrogen-bond donors (Lipinski definition) is 3. The molecular formula is C38H41N3O5. The van der Waals surface area contributed by atoms with Crippen molar-refractivity contribution in [2.75, 3.05) is 19.0 Å². The number of fused-ring (bicyclic) bond motifs is 3. The molecule has 4 aromatic carbocycles. The Kier molecular flexibility index (Phi) is 8.46. The Morgan fingerprint density at radius 1 is 0.870 bits per heavy atom. The fraction of sp³-hybridized carbons (Fsp3) is 0.316. The van der Waals surface area contributed by atoms with Gasteiger partial charge >= 0.3 is 5.97 Å². The maximum Gasteiger partial charge on any atom is 0.330 e. The van der Waals surface area contributed by atoms with E-state index in [1.54, 1.807) is 0 Å². The Morgan fingerprint density at radius 3 is 1.87 bits per heavy atom. The molecule has 2 heterocycles. The van der Waals surface area contributed by atoms with E-state index in [4.69, 9.17) is 9.47 Å². The minimum atomic E-state index is -1.43. The number of carbonyl (C=O) groups is 2. The van der Waals surface area contributed by atoms with Crippen molar-refractivity contribution in [2.24, 2.45) is 0 Å². The van der Waals surface area contributed by atoms with Gasteiger partial charge in [0.2, 0.25) is 5.91 Å². The quantitative estimate of drug-likeness (QED) is 0.176. The Bertz CT molecular complexity index is 1580. The first-order chi connectivity index (χ1) is 22.1. The summed E-state index contributed by atoms with van der Waals surface area (Å²) in [5.41, 5.74) is 1.30. The molecule has 8 nitrogen and oxygen atoms in total. The molecule has 1 fully saturated rings. The number of likely N-dealkylation sites (tertiary alicyclic amines) is 1. The van der Waals surface area contributed by atoms with E-state index in [-0.39, 0.29) is 13.0 Å². The molecule has 0 radical (unpaired) electrons. The average Bonchev–Trinajstić information content (AvgIpc) is 3.53. The van der Waals surface area contributed by atoms with E-state index in [9.17, 15) is 14.7 Å². The molecule has 0 spiro atoms. The van der Waals surface area contributed by atoms with Crippen LogP contribution in [0.15, 0.2) is 115 Å². The molecule has 6 rings (SSSR count). The van der Waals surface area contributed by atoms with Crippen LogP contribution in [0, 0.1) is 0 Å². The monoisotopic (exact) mass is 619 g/mol. The highest BCUT2D eigenvalue weighted by atomic mass is 16.5. The fourth-order valence-electron chi connectivity index (χ4n) is 7.04. The van der Waals surface area contributed by atoms with Crippen LogP contribution in [0.1, 0.15) is 49.4 Å². The number of hydrogen-bond acceptors (Lipinski definition) is 7. The molecule has 238 valence electrons. The van der Waals surface area contributed by atoms with E-state index >= 15 is 0 Å². The molecule has 4 aromatic rings. The molecule has 4 atom stereocenters. The van der Waals surface area contributed by atoms with Crippen LogP contribution >= 0.6 is 0 Å². The summed E-state index contributed by atoms with van der Waals surface area (Å²) < 4.78 is 11.0. The maximum absolute atomic E-state index is 14.7. The molecular weight excluding hydrogens is 578 g/mol. The number of anilines is 1. The lowest BCUT2D eigenvalue weighted by molar-refractivity contribution is -0.149. The zero-order valence-corrected chi connectivity index (χ0v) is 26.6. The zero-order chi connectivity index (χ0) is 32.5. The highest BCUT2D eigenvalue weighted by Gasteiger charge is 2.64. The molecule has 1 amide bonds. The van der Waals surface area contributed by atoms with E-state index in [1.165, 1.54) is 7.11 Å². The third kappa shape index (κ3) is 5.47. The van der Waals surface area contributed by atoms with Crippen molar-refractivity contribution in [3.05, 3.63) is 138 Å². The molecule has 8 heteroatoms. The predicted molar refractivity (Wildman–Crippen MR) is 177 cm³/mol. The summed E-state index contributed by atoms with van der Waals surface area (Å²) in [6, 6.07) is 35.9. The van der Waals surface area contributed by atoms with Crippen LogP contribution in [0.5, 0.6) is 0 Å². The van der Waals surface area contributed by atoms with Crippen molar-refractivity contribution in [3.63, 3.8) is 0 Å². The van der Waals surface area contributed by atoms with Gasteiger partial charge in [0.15, 0.2) is 6.04 Å².